The van der Waals surface area contributed by atoms with E-state index in [4.69, 9.17) is 22.4 Å². The molecule has 0 saturated carbocycles. The third kappa shape index (κ3) is 2.85. The molecule has 0 aromatic carbocycles. The summed E-state index contributed by atoms with van der Waals surface area (Å²) in [6, 6.07) is -0.211. The van der Waals surface area contributed by atoms with Gasteiger partial charge in [0, 0.05) is 11.9 Å². The van der Waals surface area contributed by atoms with E-state index in [0.717, 1.165) is 0 Å². The first-order chi connectivity index (χ1) is 3.18. The van der Waals surface area contributed by atoms with E-state index in [0.29, 0.717) is 0 Å². The molecule has 2 atom stereocenters. The molecule has 3 N–H and O–H groups in total. The Labute approximate surface area is 48.3 Å². The zero-order chi connectivity index (χ0) is 5.86. The molecule has 0 aliphatic heterocycles. The third-order valence-electron chi connectivity index (χ3n) is 0.765. The van der Waals surface area contributed by atoms with Crippen LogP contribution in [0.25, 0.3) is 0 Å². The first-order valence-corrected chi connectivity index (χ1v) is 2.71. The van der Waals surface area contributed by atoms with Crippen molar-refractivity contribution in [1.82, 2.24) is 0 Å². The summed E-state index contributed by atoms with van der Waals surface area (Å²) >= 11 is 5.22. The lowest BCUT2D eigenvalue weighted by molar-refractivity contribution is 0.174. The second-order valence-electron chi connectivity index (χ2n) is 1.58. The van der Waals surface area contributed by atoms with E-state index in [1.807, 2.05) is 0 Å². The predicted octanol–water partition coefficient (Wildman–Crippen LogP) is -0.0667. The maximum Gasteiger partial charge on any atom is 0.0823 e. The van der Waals surface area contributed by atoms with Crippen LogP contribution in [0.1, 0.15) is 6.92 Å². The Morgan fingerprint density at radius 1 is 1.86 bits per heavy atom. The molecule has 0 amide bonds. The number of halogens is 1. The Kier molecular flexibility index (Phi) is 3.34. The first-order valence-electron chi connectivity index (χ1n) is 2.18. The van der Waals surface area contributed by atoms with Crippen LogP contribution in [0.15, 0.2) is 0 Å². The Bertz CT molecular complexity index is 49.0. The fourth-order valence-electron chi connectivity index (χ4n) is 0.141. The van der Waals surface area contributed by atoms with Gasteiger partial charge in [0.2, 0.25) is 0 Å². The highest BCUT2D eigenvalue weighted by molar-refractivity contribution is 6.18. The number of nitrogens with two attached hydrogens (primary N) is 1. The summed E-state index contributed by atoms with van der Waals surface area (Å²) in [4.78, 5) is 0. The van der Waals surface area contributed by atoms with Gasteiger partial charge in [0.15, 0.2) is 0 Å². The van der Waals surface area contributed by atoms with Gasteiger partial charge in [-0.1, -0.05) is 0 Å². The van der Waals surface area contributed by atoms with E-state index in [1.165, 1.54) is 0 Å². The van der Waals surface area contributed by atoms with Crippen LogP contribution in [0.5, 0.6) is 0 Å². The van der Waals surface area contributed by atoms with Gasteiger partial charge < -0.3 is 10.8 Å². The molecule has 0 aromatic heterocycles. The maximum atomic E-state index is 8.68. The molecule has 0 saturated heterocycles. The van der Waals surface area contributed by atoms with Crippen molar-refractivity contribution in [2.45, 2.75) is 19.1 Å². The smallest absolute Gasteiger partial charge is 0.0823 e. The van der Waals surface area contributed by atoms with Crippen molar-refractivity contribution in [3.05, 3.63) is 0 Å². The van der Waals surface area contributed by atoms with Gasteiger partial charge in [-0.15, -0.1) is 11.6 Å². The molecule has 0 spiro atoms. The molecular weight excluding hydrogens is 114 g/mol. The molecule has 0 aromatic rings. The molecule has 0 fully saturated rings. The first kappa shape index (κ1) is 7.21. The van der Waals surface area contributed by atoms with Crippen LogP contribution in [-0.2, 0) is 0 Å². The van der Waals surface area contributed by atoms with Crippen LogP contribution in [0, 0.1) is 0 Å². The Morgan fingerprint density at radius 3 is 2.29 bits per heavy atom. The summed E-state index contributed by atoms with van der Waals surface area (Å²) in [7, 11) is 0. The maximum absolute atomic E-state index is 8.68. The highest BCUT2D eigenvalue weighted by atomic mass is 35.5. The lowest BCUT2D eigenvalue weighted by Gasteiger charge is -2.08. The van der Waals surface area contributed by atoms with E-state index < -0.39 is 6.10 Å². The molecule has 3 heteroatoms. The van der Waals surface area contributed by atoms with Crippen molar-refractivity contribution in [3.8, 4) is 0 Å². The minimum Gasteiger partial charge on any atom is -0.390 e. The monoisotopic (exact) mass is 123 g/mol. The van der Waals surface area contributed by atoms with Crippen LogP contribution >= 0.6 is 11.6 Å². The topological polar surface area (TPSA) is 46.2 Å². The van der Waals surface area contributed by atoms with Gasteiger partial charge in [-0.3, -0.25) is 0 Å². The summed E-state index contributed by atoms with van der Waals surface area (Å²) in [5.41, 5.74) is 5.21. The van der Waals surface area contributed by atoms with E-state index in [9.17, 15) is 0 Å². The number of hydrogen-bond donors (Lipinski definition) is 2. The molecule has 2 unspecified atom stereocenters. The number of alkyl halides is 1. The quantitative estimate of drug-likeness (QED) is 0.505. The molecule has 7 heavy (non-hydrogen) atoms. The third-order valence-corrected chi connectivity index (χ3v) is 1.08. The average molecular weight is 124 g/mol. The van der Waals surface area contributed by atoms with Crippen molar-refractivity contribution < 1.29 is 5.11 Å². The van der Waals surface area contributed by atoms with Gasteiger partial charge in [0.05, 0.1) is 6.10 Å². The number of hydrogen-bond acceptors (Lipinski definition) is 2. The van der Waals surface area contributed by atoms with E-state index in [-0.39, 0.29) is 11.9 Å². The van der Waals surface area contributed by atoms with Crippen LogP contribution in [-0.4, -0.2) is 23.1 Å². The lowest BCUT2D eigenvalue weighted by atomic mass is 10.2. The highest BCUT2D eigenvalue weighted by Crippen LogP contribution is 1.89. The number of rotatable bonds is 2. The van der Waals surface area contributed by atoms with Crippen LogP contribution in [0.2, 0.25) is 0 Å². The summed E-state index contributed by atoms with van der Waals surface area (Å²) in [6.07, 6.45) is -0.554. The molecular formula is C4H10ClNO. The molecule has 0 radical (unpaired) electrons. The van der Waals surface area contributed by atoms with Crippen molar-refractivity contribution >= 4 is 11.6 Å². The fraction of sp³-hybridized carbons (Fsp3) is 1.00. The largest absolute Gasteiger partial charge is 0.390 e. The molecule has 0 heterocycles. The zero-order valence-electron chi connectivity index (χ0n) is 4.26. The fourth-order valence-corrected chi connectivity index (χ4v) is 0.422. The Hall–Kier alpha value is 0.210. The summed E-state index contributed by atoms with van der Waals surface area (Å²) in [5, 5.41) is 8.68. The van der Waals surface area contributed by atoms with Crippen LogP contribution < -0.4 is 5.73 Å². The molecule has 0 aliphatic carbocycles. The van der Waals surface area contributed by atoms with Gasteiger partial charge in [0.1, 0.15) is 0 Å². The van der Waals surface area contributed by atoms with Gasteiger partial charge >= 0.3 is 0 Å². The number of aliphatic hydroxyl groups excluding tert-OH is 1. The number of aliphatic hydroxyl groups is 1. The van der Waals surface area contributed by atoms with Gasteiger partial charge in [-0.25, -0.2) is 0 Å². The van der Waals surface area contributed by atoms with Crippen molar-refractivity contribution in [1.29, 1.82) is 0 Å². The van der Waals surface area contributed by atoms with Gasteiger partial charge in [0.25, 0.3) is 0 Å². The zero-order valence-corrected chi connectivity index (χ0v) is 5.02. The highest BCUT2D eigenvalue weighted by Gasteiger charge is 2.05. The molecule has 44 valence electrons. The Morgan fingerprint density at radius 2 is 2.29 bits per heavy atom. The molecule has 0 aliphatic rings. The van der Waals surface area contributed by atoms with E-state index in [1.54, 1.807) is 6.92 Å². The second-order valence-corrected chi connectivity index (χ2v) is 1.89. The van der Waals surface area contributed by atoms with Gasteiger partial charge in [-0.2, -0.15) is 0 Å². The minimum atomic E-state index is -0.554. The van der Waals surface area contributed by atoms with E-state index in [2.05, 4.69) is 0 Å². The van der Waals surface area contributed by atoms with E-state index >= 15 is 0 Å². The molecule has 2 nitrogen and oxygen atoms in total. The summed E-state index contributed by atoms with van der Waals surface area (Å²) in [6.45, 7) is 1.72. The van der Waals surface area contributed by atoms with Crippen LogP contribution in [0.4, 0.5) is 0 Å². The van der Waals surface area contributed by atoms with Gasteiger partial charge in [-0.05, 0) is 6.92 Å². The van der Waals surface area contributed by atoms with Crippen LogP contribution in [0.3, 0.4) is 0 Å². The second kappa shape index (κ2) is 3.24. The predicted molar refractivity (Wildman–Crippen MR) is 30.4 cm³/mol. The molecule has 0 rings (SSSR count). The summed E-state index contributed by atoms with van der Waals surface area (Å²) in [5.74, 6) is 0.220. The van der Waals surface area contributed by atoms with Crippen molar-refractivity contribution in [2.75, 3.05) is 5.88 Å². The average Bonchev–Trinajstić information content (AvgIpc) is 1.65. The molecule has 0 bridgehead atoms. The standard InChI is InChI=1S/C4H10ClNO/c1-3(6)4(7)2-5/h3-4,7H,2,6H2,1H3. The van der Waals surface area contributed by atoms with Crippen molar-refractivity contribution in [2.24, 2.45) is 5.73 Å². The Balaban J connectivity index is 3.14. The normalized spacial score (nSPS) is 18.9. The summed E-state index contributed by atoms with van der Waals surface area (Å²) < 4.78 is 0. The SMILES string of the molecule is CC(N)C(O)CCl. The lowest BCUT2D eigenvalue weighted by Crippen LogP contribution is -2.32. The van der Waals surface area contributed by atoms with Crippen molar-refractivity contribution in [3.63, 3.8) is 0 Å². The minimum absolute atomic E-state index is 0.211.